The molecule has 0 radical (unpaired) electrons. The van der Waals surface area contributed by atoms with E-state index >= 15 is 0 Å². The zero-order valence-electron chi connectivity index (χ0n) is 27.6. The van der Waals surface area contributed by atoms with Crippen molar-refractivity contribution in [1.29, 1.82) is 0 Å². The van der Waals surface area contributed by atoms with Crippen LogP contribution in [0.15, 0.2) is 120 Å². The summed E-state index contributed by atoms with van der Waals surface area (Å²) in [6.07, 6.45) is 5.08. The molecule has 1 saturated heterocycles. The first-order valence-electron chi connectivity index (χ1n) is 16.4. The van der Waals surface area contributed by atoms with Crippen LogP contribution in [0.4, 0.5) is 0 Å². The summed E-state index contributed by atoms with van der Waals surface area (Å²) in [5, 5.41) is 3.37. The van der Waals surface area contributed by atoms with E-state index in [9.17, 15) is 4.79 Å². The molecule has 45 heavy (non-hydrogen) atoms. The van der Waals surface area contributed by atoms with Crippen molar-refractivity contribution in [1.82, 2.24) is 10.2 Å². The highest BCUT2D eigenvalue weighted by molar-refractivity contribution is 6.01. The monoisotopic (exact) mass is 599 g/mol. The van der Waals surface area contributed by atoms with E-state index in [1.54, 1.807) is 0 Å². The number of hydrogen-bond acceptors (Lipinski definition) is 3. The van der Waals surface area contributed by atoms with Crippen molar-refractivity contribution in [2.75, 3.05) is 13.6 Å². The maximum Gasteiger partial charge on any atom is 0.243 e. The number of rotatable bonds is 13. The first kappa shape index (κ1) is 32.2. The molecule has 1 heterocycles. The molecule has 0 bridgehead atoms. The van der Waals surface area contributed by atoms with Gasteiger partial charge < -0.3 is 10.2 Å². The highest BCUT2D eigenvalue weighted by Gasteiger charge is 2.45. The summed E-state index contributed by atoms with van der Waals surface area (Å²) in [7, 11) is 1.87. The molecule has 1 N–H and O–H groups in total. The van der Waals surface area contributed by atoms with Gasteiger partial charge in [-0.3, -0.25) is 9.79 Å². The van der Waals surface area contributed by atoms with Crippen LogP contribution in [0.2, 0.25) is 0 Å². The SMILES string of the molecule is C=C(C)C(=C)C(CCC)NC(=O)C1CC(C)(CC(=NC)c2ccccc2)CN1C(=C)CCC1c2ccccc2-c2ccccc21. The Kier molecular flexibility index (Phi) is 9.92. The minimum atomic E-state index is -0.309. The Bertz CT molecular complexity index is 1560. The van der Waals surface area contributed by atoms with Gasteiger partial charge in [-0.1, -0.05) is 124 Å². The lowest BCUT2D eigenvalue weighted by molar-refractivity contribution is -0.125. The Hall–Kier alpha value is -4.18. The Morgan fingerprint density at radius 2 is 1.58 bits per heavy atom. The number of aliphatic imine (C=N–C) groups is 1. The lowest BCUT2D eigenvalue weighted by Crippen LogP contribution is -2.47. The maximum atomic E-state index is 14.2. The van der Waals surface area contributed by atoms with Crippen LogP contribution in [0, 0.1) is 5.41 Å². The Balaban J connectivity index is 1.39. The summed E-state index contributed by atoms with van der Waals surface area (Å²) in [5.41, 5.74) is 10.4. The van der Waals surface area contributed by atoms with E-state index in [4.69, 9.17) is 4.99 Å². The third-order valence-electron chi connectivity index (χ3n) is 9.84. The number of hydrogen-bond donors (Lipinski definition) is 1. The number of amides is 1. The smallest absolute Gasteiger partial charge is 0.243 e. The minimum absolute atomic E-state index is 0.0481. The molecular formula is C41H49N3O. The van der Waals surface area contributed by atoms with Crippen LogP contribution in [0.3, 0.4) is 0 Å². The molecule has 5 rings (SSSR count). The average Bonchev–Trinajstić information content (AvgIpc) is 3.57. The molecule has 3 aromatic carbocycles. The van der Waals surface area contributed by atoms with Gasteiger partial charge in [-0.05, 0) is 77.8 Å². The number of nitrogens with zero attached hydrogens (tertiary/aromatic N) is 2. The Morgan fingerprint density at radius 1 is 0.978 bits per heavy atom. The molecule has 0 saturated carbocycles. The van der Waals surface area contributed by atoms with Gasteiger partial charge in [0.15, 0.2) is 0 Å². The Labute approximate surface area is 270 Å². The van der Waals surface area contributed by atoms with Crippen LogP contribution in [0.5, 0.6) is 0 Å². The molecule has 0 spiro atoms. The number of benzene rings is 3. The van der Waals surface area contributed by atoms with Gasteiger partial charge in [0.1, 0.15) is 6.04 Å². The van der Waals surface area contributed by atoms with E-state index in [0.717, 1.165) is 73.2 Å². The van der Waals surface area contributed by atoms with Crippen molar-refractivity contribution in [2.24, 2.45) is 10.4 Å². The lowest BCUT2D eigenvalue weighted by atomic mass is 9.81. The van der Waals surface area contributed by atoms with Gasteiger partial charge in [0.25, 0.3) is 0 Å². The highest BCUT2D eigenvalue weighted by Crippen LogP contribution is 2.48. The lowest BCUT2D eigenvalue weighted by Gasteiger charge is -2.31. The van der Waals surface area contributed by atoms with Gasteiger partial charge in [0.2, 0.25) is 5.91 Å². The van der Waals surface area contributed by atoms with Gasteiger partial charge in [-0.25, -0.2) is 0 Å². The normalized spacial score (nSPS) is 20.0. The number of likely N-dealkylation sites (tertiary alicyclic amines) is 1. The summed E-state index contributed by atoms with van der Waals surface area (Å²) < 4.78 is 0. The predicted molar refractivity (Wildman–Crippen MR) is 190 cm³/mol. The highest BCUT2D eigenvalue weighted by atomic mass is 16.2. The van der Waals surface area contributed by atoms with Gasteiger partial charge >= 0.3 is 0 Å². The third-order valence-corrected chi connectivity index (χ3v) is 9.84. The fourth-order valence-electron chi connectivity index (χ4n) is 7.42. The molecule has 1 aliphatic heterocycles. The second-order valence-corrected chi connectivity index (χ2v) is 13.4. The quantitative estimate of drug-likeness (QED) is 0.157. The molecule has 1 amide bonds. The van der Waals surface area contributed by atoms with Crippen molar-refractivity contribution in [3.05, 3.63) is 132 Å². The molecule has 4 heteroatoms. The number of carbonyl (C=O) groups is 1. The van der Waals surface area contributed by atoms with Crippen LogP contribution in [0.25, 0.3) is 11.1 Å². The molecule has 3 atom stereocenters. The average molecular weight is 600 g/mol. The molecule has 2 aliphatic rings. The summed E-state index contributed by atoms with van der Waals surface area (Å²) in [4.78, 5) is 21.2. The third kappa shape index (κ3) is 6.91. The number of allylic oxidation sites excluding steroid dienone is 1. The topological polar surface area (TPSA) is 44.7 Å². The molecule has 3 unspecified atom stereocenters. The number of nitrogens with one attached hydrogen (secondary N) is 1. The van der Waals surface area contributed by atoms with E-state index in [1.807, 2.05) is 20.0 Å². The fourth-order valence-corrected chi connectivity index (χ4v) is 7.42. The van der Waals surface area contributed by atoms with Gasteiger partial charge in [0, 0.05) is 30.9 Å². The van der Waals surface area contributed by atoms with Crippen LogP contribution < -0.4 is 5.32 Å². The van der Waals surface area contributed by atoms with Crippen LogP contribution in [-0.2, 0) is 4.79 Å². The van der Waals surface area contributed by atoms with Gasteiger partial charge in [-0.2, -0.15) is 0 Å². The standard InChI is InChI=1S/C41H49N3O/c1-8-16-37(30(5)28(2)3)43-40(45)39-26-41(6,25-38(42-7)31-17-10-9-11-18-31)27-44(39)29(4)23-24-36-34-21-14-12-19-32(34)33-20-13-15-22-35(33)36/h9-15,17-22,36-37,39H,2,4-5,8,16,23-27H2,1,3,6-7H3,(H,43,45). The predicted octanol–water partition coefficient (Wildman–Crippen LogP) is 9.10. The van der Waals surface area contributed by atoms with Crippen LogP contribution in [0.1, 0.15) is 81.9 Å². The molecule has 1 aliphatic carbocycles. The molecule has 234 valence electrons. The van der Waals surface area contributed by atoms with Crippen molar-refractivity contribution in [3.8, 4) is 11.1 Å². The zero-order valence-corrected chi connectivity index (χ0v) is 27.6. The molecule has 0 aromatic heterocycles. The largest absolute Gasteiger partial charge is 0.363 e. The second kappa shape index (κ2) is 13.9. The van der Waals surface area contributed by atoms with E-state index in [1.165, 1.54) is 22.3 Å². The molecule has 3 aromatic rings. The summed E-state index contributed by atoms with van der Waals surface area (Å²) in [6, 6.07) is 27.5. The summed E-state index contributed by atoms with van der Waals surface area (Å²) >= 11 is 0. The number of carbonyl (C=O) groups excluding carboxylic acids is 1. The fraction of sp³-hybridized carbons (Fsp3) is 0.366. The molecular weight excluding hydrogens is 550 g/mol. The van der Waals surface area contributed by atoms with E-state index in [-0.39, 0.29) is 23.4 Å². The van der Waals surface area contributed by atoms with E-state index < -0.39 is 0 Å². The van der Waals surface area contributed by atoms with Crippen LogP contribution in [-0.4, -0.2) is 42.2 Å². The van der Waals surface area contributed by atoms with E-state index in [0.29, 0.717) is 5.92 Å². The second-order valence-electron chi connectivity index (χ2n) is 13.4. The summed E-state index contributed by atoms with van der Waals surface area (Å²) in [6.45, 7) is 20.2. The van der Waals surface area contributed by atoms with Gasteiger partial charge in [-0.15, -0.1) is 0 Å². The van der Waals surface area contributed by atoms with Crippen molar-refractivity contribution in [2.45, 2.75) is 77.3 Å². The molecule has 1 fully saturated rings. The van der Waals surface area contributed by atoms with Gasteiger partial charge in [0.05, 0.1) is 6.04 Å². The Morgan fingerprint density at radius 3 is 2.16 bits per heavy atom. The maximum absolute atomic E-state index is 14.2. The minimum Gasteiger partial charge on any atom is -0.363 e. The first-order valence-corrected chi connectivity index (χ1v) is 16.4. The van der Waals surface area contributed by atoms with Crippen molar-refractivity contribution in [3.63, 3.8) is 0 Å². The number of fused-ring (bicyclic) bond motifs is 3. The van der Waals surface area contributed by atoms with Crippen LogP contribution >= 0.6 is 0 Å². The van der Waals surface area contributed by atoms with Crippen molar-refractivity contribution < 1.29 is 4.79 Å². The molecule has 4 nitrogen and oxygen atoms in total. The zero-order chi connectivity index (χ0) is 32.1. The van der Waals surface area contributed by atoms with E-state index in [2.05, 4.69) is 117 Å². The van der Waals surface area contributed by atoms with Crippen molar-refractivity contribution >= 4 is 11.6 Å². The first-order chi connectivity index (χ1) is 21.7. The summed E-state index contributed by atoms with van der Waals surface area (Å²) in [5.74, 6) is 0.368.